The number of nitro benzene ring substituents is 1. The van der Waals surface area contributed by atoms with Gasteiger partial charge in [-0.05, 0) is 55.2 Å². The summed E-state index contributed by atoms with van der Waals surface area (Å²) in [6.07, 6.45) is -1.55. The summed E-state index contributed by atoms with van der Waals surface area (Å²) in [6, 6.07) is 4.41. The highest BCUT2D eigenvalue weighted by molar-refractivity contribution is 6.74. The summed E-state index contributed by atoms with van der Waals surface area (Å²) in [5.41, 5.74) is 0.793. The molecule has 0 spiro atoms. The second-order valence-corrected chi connectivity index (χ2v) is 15.4. The van der Waals surface area contributed by atoms with E-state index in [9.17, 15) is 24.5 Å². The van der Waals surface area contributed by atoms with E-state index in [0.29, 0.717) is 11.1 Å². The Morgan fingerprint density at radius 2 is 1.75 bits per heavy atom. The Bertz CT molecular complexity index is 1030. The fourth-order valence-electron chi connectivity index (χ4n) is 3.73. The van der Waals surface area contributed by atoms with Crippen LogP contribution in [0.4, 0.5) is 5.69 Å². The highest BCUT2D eigenvalue weighted by Crippen LogP contribution is 2.41. The molecule has 1 aliphatic rings. The number of carbonyl (C=O) groups excluding carboxylic acids is 3. The number of non-ortho nitro benzene ring substituents is 1. The van der Waals surface area contributed by atoms with Crippen LogP contribution in [-0.2, 0) is 34.9 Å². The standard InChI is InChI=1S/C25H36N2O8Si/c1-15(2)21(24(30)33-14-18-10-12-19(13-11-18)27(31)32)26-22(29)20(23(26)34-17(4)28)16(3)35-36(8,9)25(5,6)7/h10-13,16,20-21,23H,1,14H2,2-9H3/t16-,20-,21-,23+/m1/s1. The Hall–Kier alpha value is -3.05. The molecular formula is C25H36N2O8Si. The Labute approximate surface area is 212 Å². The van der Waals surface area contributed by atoms with E-state index in [0.717, 1.165) is 0 Å². The summed E-state index contributed by atoms with van der Waals surface area (Å²) < 4.78 is 17.3. The lowest BCUT2D eigenvalue weighted by molar-refractivity contribution is -0.384. The fourth-order valence-corrected chi connectivity index (χ4v) is 5.16. The van der Waals surface area contributed by atoms with Crippen LogP contribution in [-0.4, -0.2) is 54.4 Å². The summed E-state index contributed by atoms with van der Waals surface area (Å²) in [7, 11) is -2.23. The second kappa shape index (κ2) is 10.9. The van der Waals surface area contributed by atoms with Crippen molar-refractivity contribution in [2.24, 2.45) is 5.92 Å². The van der Waals surface area contributed by atoms with Gasteiger partial charge < -0.3 is 13.9 Å². The molecule has 1 heterocycles. The maximum Gasteiger partial charge on any atom is 0.333 e. The molecule has 0 N–H and O–H groups in total. The molecule has 1 aromatic carbocycles. The van der Waals surface area contributed by atoms with Gasteiger partial charge in [-0.2, -0.15) is 0 Å². The number of hydrogen-bond acceptors (Lipinski definition) is 8. The Kier molecular flexibility index (Phi) is 8.85. The molecule has 36 heavy (non-hydrogen) atoms. The third-order valence-electron chi connectivity index (χ3n) is 6.70. The van der Waals surface area contributed by atoms with E-state index in [1.165, 1.54) is 36.1 Å². The molecular weight excluding hydrogens is 484 g/mol. The smallest absolute Gasteiger partial charge is 0.333 e. The summed E-state index contributed by atoms with van der Waals surface area (Å²) in [5.74, 6) is -2.51. The van der Waals surface area contributed by atoms with Crippen LogP contribution in [0.15, 0.2) is 36.4 Å². The molecule has 0 unspecified atom stereocenters. The first-order valence-electron chi connectivity index (χ1n) is 11.7. The predicted octanol–water partition coefficient (Wildman–Crippen LogP) is 4.34. The molecule has 1 fully saturated rings. The maximum absolute atomic E-state index is 13.3. The van der Waals surface area contributed by atoms with Gasteiger partial charge >= 0.3 is 11.9 Å². The Morgan fingerprint density at radius 1 is 1.19 bits per heavy atom. The number of nitro groups is 1. The summed E-state index contributed by atoms with van der Waals surface area (Å²) in [4.78, 5) is 49.7. The topological polar surface area (TPSA) is 125 Å². The highest BCUT2D eigenvalue weighted by atomic mass is 28.4. The summed E-state index contributed by atoms with van der Waals surface area (Å²) in [6.45, 7) is 18.7. The van der Waals surface area contributed by atoms with Crippen LogP contribution in [0.25, 0.3) is 0 Å². The monoisotopic (exact) mass is 520 g/mol. The molecule has 0 aliphatic carbocycles. The zero-order valence-corrected chi connectivity index (χ0v) is 23.2. The molecule has 198 valence electrons. The first-order valence-corrected chi connectivity index (χ1v) is 14.6. The lowest BCUT2D eigenvalue weighted by Gasteiger charge is -2.52. The van der Waals surface area contributed by atoms with Crippen LogP contribution in [0.2, 0.25) is 18.1 Å². The first kappa shape index (κ1) is 29.2. The van der Waals surface area contributed by atoms with E-state index < -0.39 is 55.4 Å². The number of likely N-dealkylation sites (tertiary alicyclic amines) is 1. The minimum absolute atomic E-state index is 0.0830. The third-order valence-corrected chi connectivity index (χ3v) is 11.3. The average Bonchev–Trinajstić information content (AvgIpc) is 2.73. The average molecular weight is 521 g/mol. The number of nitrogens with zero attached hydrogens (tertiary/aromatic N) is 2. The molecule has 2 rings (SSSR count). The van der Waals surface area contributed by atoms with Crippen molar-refractivity contribution in [2.45, 2.75) is 84.7 Å². The minimum Gasteiger partial charge on any atom is -0.459 e. The van der Waals surface area contributed by atoms with E-state index in [4.69, 9.17) is 13.9 Å². The molecule has 0 saturated carbocycles. The van der Waals surface area contributed by atoms with Crippen LogP contribution < -0.4 is 0 Å². The lowest BCUT2D eigenvalue weighted by atomic mass is 9.87. The fraction of sp³-hybridized carbons (Fsp3) is 0.560. The lowest BCUT2D eigenvalue weighted by Crippen LogP contribution is -2.70. The largest absolute Gasteiger partial charge is 0.459 e. The molecule has 0 radical (unpaired) electrons. The molecule has 10 nitrogen and oxygen atoms in total. The van der Waals surface area contributed by atoms with Crippen molar-refractivity contribution in [3.8, 4) is 0 Å². The van der Waals surface area contributed by atoms with Crippen LogP contribution >= 0.6 is 0 Å². The number of β-lactam (4-membered cyclic amide) rings is 1. The third kappa shape index (κ3) is 6.38. The van der Waals surface area contributed by atoms with Gasteiger partial charge in [-0.1, -0.05) is 27.4 Å². The number of esters is 2. The van der Waals surface area contributed by atoms with Gasteiger partial charge in [0.25, 0.3) is 5.69 Å². The van der Waals surface area contributed by atoms with Crippen molar-refractivity contribution < 1.29 is 33.2 Å². The van der Waals surface area contributed by atoms with Crippen molar-refractivity contribution in [3.05, 3.63) is 52.1 Å². The normalized spacial score (nSPS) is 19.7. The van der Waals surface area contributed by atoms with Crippen LogP contribution in [0.5, 0.6) is 0 Å². The van der Waals surface area contributed by atoms with E-state index >= 15 is 0 Å². The van der Waals surface area contributed by atoms with Crippen molar-refractivity contribution in [1.29, 1.82) is 0 Å². The molecule has 4 atom stereocenters. The highest BCUT2D eigenvalue weighted by Gasteiger charge is 2.58. The molecule has 0 aromatic heterocycles. The van der Waals surface area contributed by atoms with E-state index in [-0.39, 0.29) is 17.3 Å². The zero-order valence-electron chi connectivity index (χ0n) is 22.2. The van der Waals surface area contributed by atoms with E-state index in [1.54, 1.807) is 13.8 Å². The molecule has 1 saturated heterocycles. The Balaban J connectivity index is 2.22. The van der Waals surface area contributed by atoms with Gasteiger partial charge in [-0.25, -0.2) is 4.79 Å². The van der Waals surface area contributed by atoms with Crippen molar-refractivity contribution in [1.82, 2.24) is 4.90 Å². The zero-order chi connectivity index (χ0) is 27.6. The quantitative estimate of drug-likeness (QED) is 0.111. The molecule has 1 aliphatic heterocycles. The van der Waals surface area contributed by atoms with Crippen LogP contribution in [0, 0.1) is 16.0 Å². The van der Waals surface area contributed by atoms with Gasteiger partial charge in [0.2, 0.25) is 5.91 Å². The van der Waals surface area contributed by atoms with Crippen molar-refractivity contribution in [2.75, 3.05) is 0 Å². The van der Waals surface area contributed by atoms with Gasteiger partial charge in [0.15, 0.2) is 20.6 Å². The number of benzene rings is 1. The number of ether oxygens (including phenoxy) is 2. The molecule has 11 heteroatoms. The first-order chi connectivity index (χ1) is 16.5. The van der Waals surface area contributed by atoms with Crippen molar-refractivity contribution in [3.63, 3.8) is 0 Å². The predicted molar refractivity (Wildman–Crippen MR) is 135 cm³/mol. The van der Waals surface area contributed by atoms with E-state index in [1.807, 2.05) is 0 Å². The molecule has 1 amide bonds. The van der Waals surface area contributed by atoms with Gasteiger partial charge in [0.1, 0.15) is 12.5 Å². The SMILES string of the molecule is C=C(C)[C@H](C(=O)OCc1ccc([N+](=O)[O-])cc1)N1C(=O)[C@@H]([C@@H](C)O[Si](C)(C)C(C)(C)C)[C@@H]1OC(C)=O. The van der Waals surface area contributed by atoms with Crippen molar-refractivity contribution >= 4 is 31.9 Å². The second-order valence-electron chi connectivity index (χ2n) is 10.6. The van der Waals surface area contributed by atoms with Crippen LogP contribution in [0.3, 0.4) is 0 Å². The van der Waals surface area contributed by atoms with Gasteiger partial charge in [-0.3, -0.25) is 24.6 Å². The maximum atomic E-state index is 13.3. The minimum atomic E-state index is -2.23. The Morgan fingerprint density at radius 3 is 2.19 bits per heavy atom. The van der Waals surface area contributed by atoms with Gasteiger partial charge in [0, 0.05) is 19.1 Å². The van der Waals surface area contributed by atoms with E-state index in [2.05, 4.69) is 40.4 Å². The summed E-state index contributed by atoms with van der Waals surface area (Å²) >= 11 is 0. The van der Waals surface area contributed by atoms with Gasteiger partial charge in [-0.15, -0.1) is 0 Å². The summed E-state index contributed by atoms with van der Waals surface area (Å²) in [5, 5.41) is 10.7. The molecule has 1 aromatic rings. The van der Waals surface area contributed by atoms with Gasteiger partial charge in [0.05, 0.1) is 11.0 Å². The molecule has 0 bridgehead atoms. The van der Waals surface area contributed by atoms with Crippen LogP contribution in [0.1, 0.15) is 47.1 Å². The number of rotatable bonds is 10. The number of hydrogen-bond donors (Lipinski definition) is 0. The number of carbonyl (C=O) groups is 3. The number of amides is 1.